The topological polar surface area (TPSA) is 184 Å². The maximum absolute atomic E-state index is 12.0. The number of benzene rings is 1. The first-order valence-electron chi connectivity index (χ1n) is 20.0. The van der Waals surface area contributed by atoms with Crippen molar-refractivity contribution in [3.05, 3.63) is 82.0 Å². The molecular weight excluding hydrogens is 735 g/mol. The van der Waals surface area contributed by atoms with Gasteiger partial charge in [-0.1, -0.05) is 64.0 Å². The second kappa shape index (κ2) is 18.5. The Balaban J connectivity index is 1.23. The maximum Gasteiger partial charge on any atom is 0.161 e. The lowest BCUT2D eigenvalue weighted by atomic mass is 9.76. The van der Waals surface area contributed by atoms with Gasteiger partial charge in [0.25, 0.3) is 0 Å². The van der Waals surface area contributed by atoms with Gasteiger partial charge in [0.2, 0.25) is 0 Å². The number of ether oxygens (including phenoxy) is 1. The van der Waals surface area contributed by atoms with Crippen molar-refractivity contribution in [1.29, 1.82) is 0 Å². The van der Waals surface area contributed by atoms with E-state index in [-0.39, 0.29) is 48.4 Å². The number of aliphatic hydroxyl groups is 5. The predicted octanol–water partition coefficient (Wildman–Crippen LogP) is 4.67. The molecule has 5 aliphatic rings. The number of rotatable bonds is 7. The van der Waals surface area contributed by atoms with Crippen LogP contribution in [0.4, 0.5) is 0 Å². The molecule has 1 aromatic heterocycles. The van der Waals surface area contributed by atoms with Crippen LogP contribution in [0.3, 0.4) is 0 Å². The molecule has 1 aromatic carbocycles. The molecule has 0 radical (unpaired) electrons. The Morgan fingerprint density at radius 1 is 1.00 bits per heavy atom. The van der Waals surface area contributed by atoms with Crippen molar-refractivity contribution in [3.8, 4) is 23.3 Å². The quantitative estimate of drug-likeness (QED) is 0.108. The highest BCUT2D eigenvalue weighted by Crippen LogP contribution is 2.48. The number of hydrogen-bond donors (Lipinski definition) is 9. The number of aromatic amines is 1. The molecular formula is C43H57N3O7S2. The maximum atomic E-state index is 12.0. The van der Waals surface area contributed by atoms with Crippen molar-refractivity contribution in [2.24, 2.45) is 35.3 Å². The minimum Gasteiger partial charge on any atom is -0.504 e. The summed E-state index contributed by atoms with van der Waals surface area (Å²) >= 11 is 0. The summed E-state index contributed by atoms with van der Waals surface area (Å²) in [5, 5.41) is 70.3. The average molecular weight is 792 g/mol. The molecule has 10 atom stereocenters. The third-order valence-corrected chi connectivity index (χ3v) is 14.9. The average Bonchev–Trinajstić information content (AvgIpc) is 3.63. The predicted molar refractivity (Wildman–Crippen MR) is 218 cm³/mol. The van der Waals surface area contributed by atoms with Gasteiger partial charge in [-0.05, 0) is 98.2 Å². The summed E-state index contributed by atoms with van der Waals surface area (Å²) in [5.74, 6) is 7.57. The summed E-state index contributed by atoms with van der Waals surface area (Å²) in [7, 11) is 3.25. The van der Waals surface area contributed by atoms with Crippen LogP contribution in [-0.4, -0.2) is 91.3 Å². The highest BCUT2D eigenvalue weighted by molar-refractivity contribution is 8.76. The van der Waals surface area contributed by atoms with E-state index in [9.17, 15) is 30.6 Å². The lowest BCUT2D eigenvalue weighted by molar-refractivity contribution is -0.0214. The Morgan fingerprint density at radius 2 is 1.85 bits per heavy atom. The number of aromatic hydroxyl groups is 1. The SMILES string of the molecule is NC1=C2CSSC[C@H](CO)[C@@H](O)[C@@H](Oc3cc4c(cc3O)CCC3=C[C@@H]5C#C[C@@H](CCO)CCCC[C@H](O)[C@@H]5[C@H](O)C[C@@H]34)C[C@H](Cc3ccc[nH]3)C2=CCN1. The molecule has 3 heterocycles. The summed E-state index contributed by atoms with van der Waals surface area (Å²) in [5.41, 5.74) is 12.9. The Morgan fingerprint density at radius 3 is 2.65 bits per heavy atom. The normalized spacial score (nSPS) is 33.0. The Labute approximate surface area is 332 Å². The molecule has 10 N–H and O–H groups in total. The molecule has 0 bridgehead atoms. The van der Waals surface area contributed by atoms with E-state index in [1.807, 2.05) is 18.3 Å². The summed E-state index contributed by atoms with van der Waals surface area (Å²) in [6.07, 6.45) is 9.77. The molecule has 1 saturated heterocycles. The Hall–Kier alpha value is -3.02. The van der Waals surface area contributed by atoms with Crippen LogP contribution in [0.25, 0.3) is 0 Å². The van der Waals surface area contributed by atoms with E-state index in [2.05, 4.69) is 40.4 Å². The fourth-order valence-corrected chi connectivity index (χ4v) is 11.9. The Bertz CT molecular complexity index is 1790. The molecule has 7 rings (SSSR count). The number of hydrogen-bond acceptors (Lipinski definition) is 11. The molecule has 3 aliphatic carbocycles. The molecule has 2 aromatic rings. The minimum atomic E-state index is -1.03. The van der Waals surface area contributed by atoms with Crippen molar-refractivity contribution in [1.82, 2.24) is 10.3 Å². The zero-order valence-electron chi connectivity index (χ0n) is 31.4. The number of aromatic nitrogens is 1. The van der Waals surface area contributed by atoms with Gasteiger partial charge in [0, 0.05) is 78.3 Å². The molecule has 55 heavy (non-hydrogen) atoms. The number of dihydropyridines is 1. The largest absolute Gasteiger partial charge is 0.504 e. The number of aliphatic hydroxyl groups excluding tert-OH is 5. The number of H-pyrrole nitrogens is 1. The van der Waals surface area contributed by atoms with Crippen LogP contribution in [0.2, 0.25) is 0 Å². The first-order valence-corrected chi connectivity index (χ1v) is 22.5. The van der Waals surface area contributed by atoms with Crippen molar-refractivity contribution < 1.29 is 35.4 Å². The van der Waals surface area contributed by atoms with Crippen molar-refractivity contribution in [3.63, 3.8) is 0 Å². The van der Waals surface area contributed by atoms with Gasteiger partial charge in [0.05, 0.1) is 18.3 Å². The van der Waals surface area contributed by atoms with Gasteiger partial charge in [0.1, 0.15) is 11.9 Å². The monoisotopic (exact) mass is 791 g/mol. The van der Waals surface area contributed by atoms with Crippen LogP contribution in [-0.2, 0) is 12.8 Å². The smallest absolute Gasteiger partial charge is 0.161 e. The van der Waals surface area contributed by atoms with Gasteiger partial charge >= 0.3 is 0 Å². The van der Waals surface area contributed by atoms with Crippen LogP contribution in [0.1, 0.15) is 74.1 Å². The van der Waals surface area contributed by atoms with Crippen LogP contribution < -0.4 is 15.8 Å². The third kappa shape index (κ3) is 9.25. The molecule has 1 fully saturated rings. The fraction of sp³-hybridized carbons (Fsp3) is 0.581. The van der Waals surface area contributed by atoms with Crippen molar-refractivity contribution in [2.45, 2.75) is 94.5 Å². The number of aryl methyl sites for hydroxylation is 1. The highest BCUT2D eigenvalue weighted by atomic mass is 33.1. The molecule has 10 nitrogen and oxygen atoms in total. The summed E-state index contributed by atoms with van der Waals surface area (Å²) in [6, 6.07) is 7.68. The first kappa shape index (κ1) is 40.2. The molecule has 0 saturated carbocycles. The van der Waals surface area contributed by atoms with Crippen molar-refractivity contribution >= 4 is 21.6 Å². The van der Waals surface area contributed by atoms with Crippen LogP contribution in [0.15, 0.2) is 65.2 Å². The first-order chi connectivity index (χ1) is 26.7. The standard InChI is InChI=1S/C43H57N3O7S2/c44-43-35-24-55-54-23-30(22-48)42(52)40(19-29(32(35)11-14-46-43)17-31-5-3-13-45-31)53-39-21-34-27(18-37(39)50)10-9-26-16-28-8-7-25(12-15-47)4-1-2-6-36(49)41(28)38(51)20-33(26)34/h3,5,11,13,16,18,21,25,28-30,33,36,38,40-42,45-52H,1-2,4,6,9-10,12,14-15,17,19-20,22-24,44H2/t25-,28-,29-,30-,33-,36-,38+,40-,41+,42+/m0/s1. The van der Waals surface area contributed by atoms with Gasteiger partial charge < -0.3 is 51.4 Å². The number of nitrogens with one attached hydrogen (secondary N) is 2. The highest BCUT2D eigenvalue weighted by Gasteiger charge is 2.41. The Kier molecular flexibility index (Phi) is 13.5. The van der Waals surface area contributed by atoms with E-state index >= 15 is 0 Å². The van der Waals surface area contributed by atoms with Gasteiger partial charge in [-0.25, -0.2) is 0 Å². The second-order valence-electron chi connectivity index (χ2n) is 16.0. The number of fused-ring (bicyclic) bond motifs is 5. The van der Waals surface area contributed by atoms with E-state index in [4.69, 9.17) is 10.5 Å². The summed E-state index contributed by atoms with van der Waals surface area (Å²) < 4.78 is 6.78. The van der Waals surface area contributed by atoms with E-state index < -0.39 is 36.3 Å². The zero-order chi connectivity index (χ0) is 38.5. The number of nitrogens with two attached hydrogens (primary N) is 1. The third-order valence-electron chi connectivity index (χ3n) is 12.5. The van der Waals surface area contributed by atoms with Crippen LogP contribution >= 0.6 is 21.6 Å². The number of phenolic OH excluding ortho intramolecular Hbond substituents is 1. The molecule has 2 aliphatic heterocycles. The summed E-state index contributed by atoms with van der Waals surface area (Å²) in [4.78, 5) is 3.34. The van der Waals surface area contributed by atoms with E-state index in [1.54, 1.807) is 27.7 Å². The minimum absolute atomic E-state index is 0.00969. The zero-order valence-corrected chi connectivity index (χ0v) is 33.0. The fourth-order valence-electron chi connectivity index (χ4n) is 9.41. The van der Waals surface area contributed by atoms with Gasteiger partial charge in [0.15, 0.2) is 11.5 Å². The van der Waals surface area contributed by atoms with Gasteiger partial charge in [-0.3, -0.25) is 0 Å². The summed E-state index contributed by atoms with van der Waals surface area (Å²) in [6.45, 7) is 0.467. The van der Waals surface area contributed by atoms with Crippen LogP contribution in [0.5, 0.6) is 11.5 Å². The molecule has 0 unspecified atom stereocenters. The number of allylic oxidation sites excluding steroid dienone is 3. The lowest BCUT2D eigenvalue weighted by Gasteiger charge is -2.34. The van der Waals surface area contributed by atoms with Crippen molar-refractivity contribution in [2.75, 3.05) is 31.3 Å². The number of phenols is 1. The molecule has 0 spiro atoms. The molecule has 298 valence electrons. The van der Waals surface area contributed by atoms with Gasteiger partial charge in [-0.2, -0.15) is 0 Å². The van der Waals surface area contributed by atoms with E-state index in [1.165, 1.54) is 5.57 Å². The lowest BCUT2D eigenvalue weighted by Crippen LogP contribution is -2.42. The second-order valence-corrected chi connectivity index (χ2v) is 18.5. The van der Waals surface area contributed by atoms with Gasteiger partial charge in [-0.15, -0.1) is 0 Å². The van der Waals surface area contributed by atoms with E-state index in [0.717, 1.165) is 53.7 Å². The van der Waals surface area contributed by atoms with E-state index in [0.29, 0.717) is 62.4 Å². The molecule has 0 amide bonds. The van der Waals surface area contributed by atoms with Crippen LogP contribution in [0, 0.1) is 41.4 Å². The molecule has 12 heteroatoms.